The van der Waals surface area contributed by atoms with Gasteiger partial charge in [-0.05, 0) is 0 Å². The monoisotopic (exact) mass is 284 g/mol. The van der Waals surface area contributed by atoms with Crippen molar-refractivity contribution in [2.24, 2.45) is 0 Å². The molecule has 0 radical (unpaired) electrons. The van der Waals surface area contributed by atoms with Crippen molar-refractivity contribution in [2.75, 3.05) is 12.3 Å². The molecular formula is C10H13N5O5. The van der Waals surface area contributed by atoms with Gasteiger partial charge in [-0.3, -0.25) is 14.3 Å². The van der Waals surface area contributed by atoms with Crippen molar-refractivity contribution in [2.45, 2.75) is 24.5 Å². The molecule has 108 valence electrons. The highest BCUT2D eigenvalue weighted by molar-refractivity contribution is 5.70. The molecular weight excluding hydrogens is 271 g/mol. The number of aliphatic hydroxyl groups excluding tert-OH is 3. The second-order valence-electron chi connectivity index (χ2n) is 4.50. The second-order valence-corrected chi connectivity index (χ2v) is 4.50. The molecule has 0 aromatic carbocycles. The second kappa shape index (κ2) is 4.52. The molecule has 1 aliphatic heterocycles. The molecule has 0 amide bonds. The zero-order valence-corrected chi connectivity index (χ0v) is 10.2. The number of fused-ring (bicyclic) bond motifs is 1. The summed E-state index contributed by atoms with van der Waals surface area (Å²) in [5, 5.41) is 28.7. The fraction of sp³-hybridized carbons (Fsp3) is 0.500. The van der Waals surface area contributed by atoms with Crippen LogP contribution in [0.5, 0.6) is 0 Å². The van der Waals surface area contributed by atoms with E-state index < -0.39 is 36.7 Å². The number of ether oxygens (including phenoxy) is 1. The fourth-order valence-electron chi connectivity index (χ4n) is 2.24. The van der Waals surface area contributed by atoms with Gasteiger partial charge in [-0.25, -0.2) is 4.98 Å². The third-order valence-electron chi connectivity index (χ3n) is 3.24. The number of hydrogen-bond acceptors (Lipinski definition) is 8. The summed E-state index contributed by atoms with van der Waals surface area (Å²) in [6.07, 6.45) is -3.21. The predicted octanol–water partition coefficient (Wildman–Crippen LogP) is -2.69. The van der Waals surface area contributed by atoms with Gasteiger partial charge in [-0.15, -0.1) is 0 Å². The SMILES string of the molecule is Nc1nc2c(n[13cH]n2[C@@H]2O[C@H](CO)[C@@H](O)[C@H]2O)c(=O)[nH]1. The molecule has 10 heteroatoms. The van der Waals surface area contributed by atoms with E-state index in [2.05, 4.69) is 15.0 Å². The Balaban J connectivity index is 2.09. The van der Waals surface area contributed by atoms with Gasteiger partial charge in [0.25, 0.3) is 5.56 Å². The number of rotatable bonds is 2. The minimum atomic E-state index is -1.29. The molecule has 2 aromatic heterocycles. The van der Waals surface area contributed by atoms with E-state index in [-0.39, 0.29) is 17.1 Å². The van der Waals surface area contributed by atoms with Crippen LogP contribution in [0, 0.1) is 0 Å². The third-order valence-corrected chi connectivity index (χ3v) is 3.24. The first-order chi connectivity index (χ1) is 9.52. The third kappa shape index (κ3) is 1.78. The van der Waals surface area contributed by atoms with Gasteiger partial charge in [0.05, 0.1) is 12.9 Å². The molecule has 3 rings (SSSR count). The molecule has 20 heavy (non-hydrogen) atoms. The molecule has 3 heterocycles. The maximum absolute atomic E-state index is 11.7. The van der Waals surface area contributed by atoms with Crippen molar-refractivity contribution in [1.82, 2.24) is 19.5 Å². The lowest BCUT2D eigenvalue weighted by Gasteiger charge is -2.16. The van der Waals surface area contributed by atoms with Crippen molar-refractivity contribution in [1.29, 1.82) is 0 Å². The van der Waals surface area contributed by atoms with Crippen LogP contribution < -0.4 is 11.3 Å². The number of aromatic nitrogens is 4. The first-order valence-electron chi connectivity index (χ1n) is 5.87. The van der Waals surface area contributed by atoms with Crippen molar-refractivity contribution in [3.05, 3.63) is 16.7 Å². The van der Waals surface area contributed by atoms with Gasteiger partial charge in [0.15, 0.2) is 17.4 Å². The molecule has 10 nitrogen and oxygen atoms in total. The Hall–Kier alpha value is -2.01. The van der Waals surface area contributed by atoms with E-state index in [1.165, 1.54) is 10.9 Å². The molecule has 6 N–H and O–H groups in total. The molecule has 4 atom stereocenters. The Morgan fingerprint density at radius 1 is 1.45 bits per heavy atom. The van der Waals surface area contributed by atoms with Gasteiger partial charge in [-0.1, -0.05) is 0 Å². The number of H-pyrrole nitrogens is 1. The van der Waals surface area contributed by atoms with Gasteiger partial charge in [0, 0.05) is 0 Å². The number of anilines is 1. The molecule has 1 fully saturated rings. The number of imidazole rings is 1. The normalized spacial score (nSPS) is 30.1. The Labute approximate surface area is 111 Å². The summed E-state index contributed by atoms with van der Waals surface area (Å²) < 4.78 is 6.64. The van der Waals surface area contributed by atoms with Crippen LogP contribution >= 0.6 is 0 Å². The van der Waals surface area contributed by atoms with E-state index >= 15 is 0 Å². The van der Waals surface area contributed by atoms with E-state index in [9.17, 15) is 15.0 Å². The Bertz CT molecular complexity index is 697. The number of hydrogen-bond donors (Lipinski definition) is 5. The Morgan fingerprint density at radius 2 is 2.20 bits per heavy atom. The first-order valence-corrected chi connectivity index (χ1v) is 5.87. The zero-order valence-electron chi connectivity index (χ0n) is 10.2. The van der Waals surface area contributed by atoms with E-state index in [1.54, 1.807) is 0 Å². The lowest BCUT2D eigenvalue weighted by atomic mass is 10.1. The van der Waals surface area contributed by atoms with Crippen LogP contribution in [0.2, 0.25) is 0 Å². The van der Waals surface area contributed by atoms with Crippen LogP contribution in [0.15, 0.2) is 11.1 Å². The highest BCUT2D eigenvalue weighted by atomic mass is 16.6. The highest BCUT2D eigenvalue weighted by Crippen LogP contribution is 2.30. The molecule has 1 aliphatic rings. The summed E-state index contributed by atoms with van der Waals surface area (Å²) in [4.78, 5) is 21.8. The highest BCUT2D eigenvalue weighted by Gasteiger charge is 2.44. The minimum absolute atomic E-state index is 0.0388. The van der Waals surface area contributed by atoms with Gasteiger partial charge < -0.3 is 25.8 Å². The molecule has 0 spiro atoms. The van der Waals surface area contributed by atoms with Crippen LogP contribution in [-0.4, -0.2) is 59.8 Å². The van der Waals surface area contributed by atoms with Crippen LogP contribution in [0.4, 0.5) is 5.95 Å². The average Bonchev–Trinajstić information content (AvgIpc) is 2.93. The standard InChI is InChI=1S/C10H13N5O5/c11-10-13-7-4(8(19)14-10)12-2-15(7)9-6(18)5(17)3(1-16)20-9/h2-3,5-6,9,16-18H,1H2,(H3,11,13,14,19)/t3-,5-,6-,9-/m1/s1/i2+1. The van der Waals surface area contributed by atoms with Crippen molar-refractivity contribution in [3.8, 4) is 0 Å². The summed E-state index contributed by atoms with van der Waals surface area (Å²) in [7, 11) is 0. The minimum Gasteiger partial charge on any atom is -0.394 e. The average molecular weight is 284 g/mol. The smallest absolute Gasteiger partial charge is 0.280 e. The molecule has 0 bridgehead atoms. The van der Waals surface area contributed by atoms with E-state index in [4.69, 9.17) is 15.6 Å². The maximum atomic E-state index is 11.7. The maximum Gasteiger partial charge on any atom is 0.280 e. The Kier molecular flexibility index (Phi) is 2.94. The zero-order chi connectivity index (χ0) is 14.4. The van der Waals surface area contributed by atoms with Crippen LogP contribution in [0.3, 0.4) is 0 Å². The van der Waals surface area contributed by atoms with Crippen molar-refractivity contribution < 1.29 is 20.1 Å². The quantitative estimate of drug-likeness (QED) is 0.398. The van der Waals surface area contributed by atoms with Crippen LogP contribution in [-0.2, 0) is 4.74 Å². The van der Waals surface area contributed by atoms with Crippen LogP contribution in [0.1, 0.15) is 6.23 Å². The fourth-order valence-corrected chi connectivity index (χ4v) is 2.24. The van der Waals surface area contributed by atoms with E-state index in [0.29, 0.717) is 0 Å². The van der Waals surface area contributed by atoms with Crippen molar-refractivity contribution in [3.63, 3.8) is 0 Å². The number of aromatic amines is 1. The van der Waals surface area contributed by atoms with E-state index in [1.807, 2.05) is 0 Å². The van der Waals surface area contributed by atoms with Crippen LogP contribution in [0.25, 0.3) is 11.2 Å². The lowest BCUT2D eigenvalue weighted by molar-refractivity contribution is -0.0511. The summed E-state index contributed by atoms with van der Waals surface area (Å²) in [5.41, 5.74) is 5.12. The summed E-state index contributed by atoms with van der Waals surface area (Å²) in [6.45, 7) is -0.447. The summed E-state index contributed by atoms with van der Waals surface area (Å²) in [5.74, 6) is -0.101. The molecule has 0 unspecified atom stereocenters. The molecule has 0 aliphatic carbocycles. The largest absolute Gasteiger partial charge is 0.394 e. The van der Waals surface area contributed by atoms with Gasteiger partial charge in [0.2, 0.25) is 5.95 Å². The van der Waals surface area contributed by atoms with Gasteiger partial charge >= 0.3 is 0 Å². The van der Waals surface area contributed by atoms with Crippen molar-refractivity contribution >= 4 is 17.1 Å². The molecule has 2 aromatic rings. The number of aliphatic hydroxyl groups is 3. The molecule has 1 saturated heterocycles. The molecule has 0 saturated carbocycles. The number of nitrogens with zero attached hydrogens (tertiary/aromatic N) is 3. The first kappa shape index (κ1) is 13.0. The number of nitrogen functional groups attached to an aromatic ring is 1. The summed E-state index contributed by atoms with van der Waals surface area (Å²) in [6, 6.07) is 0. The van der Waals surface area contributed by atoms with Gasteiger partial charge in [-0.2, -0.15) is 4.98 Å². The Morgan fingerprint density at radius 3 is 2.85 bits per heavy atom. The number of nitrogens with two attached hydrogens (primary N) is 1. The summed E-state index contributed by atoms with van der Waals surface area (Å²) >= 11 is 0. The lowest BCUT2D eigenvalue weighted by Crippen LogP contribution is -2.33. The topological polar surface area (TPSA) is 160 Å². The number of nitrogens with one attached hydrogen (secondary N) is 1. The van der Waals surface area contributed by atoms with E-state index in [0.717, 1.165) is 0 Å². The van der Waals surface area contributed by atoms with Gasteiger partial charge in [0.1, 0.15) is 18.3 Å². The predicted molar refractivity (Wildman–Crippen MR) is 65.6 cm³/mol.